The van der Waals surface area contributed by atoms with Gasteiger partial charge in [-0.2, -0.15) is 0 Å². The van der Waals surface area contributed by atoms with Gasteiger partial charge in [0.05, 0.1) is 23.0 Å². The topological polar surface area (TPSA) is 93.3 Å². The van der Waals surface area contributed by atoms with Gasteiger partial charge in [-0.25, -0.2) is 4.79 Å². The normalized spacial score (nSPS) is 18.4. The first kappa shape index (κ1) is 17.1. The van der Waals surface area contributed by atoms with E-state index in [2.05, 4.69) is 5.32 Å². The fourth-order valence-corrected chi connectivity index (χ4v) is 3.91. The number of carbonyl (C=O) groups is 2. The lowest BCUT2D eigenvalue weighted by atomic mass is 10.0. The van der Waals surface area contributed by atoms with E-state index in [9.17, 15) is 19.5 Å². The summed E-state index contributed by atoms with van der Waals surface area (Å²) in [5, 5.41) is 12.3. The van der Waals surface area contributed by atoms with E-state index in [4.69, 9.17) is 0 Å². The highest BCUT2D eigenvalue weighted by Crippen LogP contribution is 2.40. The monoisotopic (exact) mass is 365 g/mol. The molecule has 1 heterocycles. The van der Waals surface area contributed by atoms with E-state index in [-0.39, 0.29) is 24.2 Å². The van der Waals surface area contributed by atoms with Gasteiger partial charge in [0.25, 0.3) is 0 Å². The minimum atomic E-state index is -0.899. The van der Waals surface area contributed by atoms with Crippen LogP contribution in [-0.2, 0) is 23.2 Å². The number of hydrogen-bond donors (Lipinski definition) is 2. The summed E-state index contributed by atoms with van der Waals surface area (Å²) in [4.78, 5) is 36.6. The molecule has 4 rings (SSSR count). The molecule has 138 valence electrons. The summed E-state index contributed by atoms with van der Waals surface area (Å²) in [5.41, 5.74) is 2.74. The van der Waals surface area contributed by atoms with Crippen molar-refractivity contribution in [3.8, 4) is 0 Å². The molecule has 0 saturated heterocycles. The number of aromatic nitrogens is 2. The van der Waals surface area contributed by atoms with Crippen molar-refractivity contribution < 1.29 is 14.7 Å². The van der Waals surface area contributed by atoms with Crippen LogP contribution in [0.2, 0.25) is 0 Å². The molecule has 2 N–H and O–H groups in total. The Bertz CT molecular complexity index is 1110. The number of carbonyl (C=O) groups excluding carboxylic acids is 1. The zero-order chi connectivity index (χ0) is 19.1. The number of carboxylic acids is 1. The lowest BCUT2D eigenvalue weighted by molar-refractivity contribution is -0.139. The first-order valence-corrected chi connectivity index (χ1v) is 8.72. The average molecular weight is 365 g/mol. The van der Waals surface area contributed by atoms with Crippen LogP contribution in [0.5, 0.6) is 0 Å². The Balaban J connectivity index is 1.59. The smallest absolute Gasteiger partial charge is 0.329 e. The van der Waals surface area contributed by atoms with Crippen molar-refractivity contribution in [2.24, 2.45) is 7.05 Å². The van der Waals surface area contributed by atoms with Crippen LogP contribution in [0.1, 0.15) is 29.5 Å². The number of benzene rings is 2. The Morgan fingerprint density at radius 3 is 2.41 bits per heavy atom. The third-order valence-corrected chi connectivity index (χ3v) is 5.20. The molecule has 0 aliphatic heterocycles. The number of carboxylic acid groups (broad SMARTS) is 1. The second-order valence-corrected chi connectivity index (χ2v) is 6.79. The lowest BCUT2D eigenvalue weighted by Crippen LogP contribution is -2.34. The van der Waals surface area contributed by atoms with E-state index in [0.717, 1.165) is 16.6 Å². The number of aryl methyl sites for hydroxylation is 1. The van der Waals surface area contributed by atoms with Gasteiger partial charge in [0, 0.05) is 7.05 Å². The van der Waals surface area contributed by atoms with Gasteiger partial charge in [-0.1, -0.05) is 36.4 Å². The van der Waals surface area contributed by atoms with Crippen molar-refractivity contribution in [1.29, 1.82) is 0 Å². The number of hydrogen-bond acceptors (Lipinski definition) is 3. The summed E-state index contributed by atoms with van der Waals surface area (Å²) < 4.78 is 2.94. The van der Waals surface area contributed by atoms with Crippen LogP contribution in [0.3, 0.4) is 0 Å². The fraction of sp³-hybridized carbons (Fsp3) is 0.250. The van der Waals surface area contributed by atoms with Crippen LogP contribution in [0, 0.1) is 0 Å². The number of aliphatic carboxylic acids is 1. The van der Waals surface area contributed by atoms with Crippen molar-refractivity contribution in [2.45, 2.75) is 24.9 Å². The van der Waals surface area contributed by atoms with E-state index in [1.807, 2.05) is 30.3 Å². The zero-order valence-corrected chi connectivity index (χ0v) is 14.8. The summed E-state index contributed by atoms with van der Waals surface area (Å²) in [7, 11) is 1.67. The SMILES string of the molecule is Cn1c(=O)n(CC(=O)NC2CC(C(=O)O)c3ccccc32)c2ccccc21. The van der Waals surface area contributed by atoms with Crippen molar-refractivity contribution in [2.75, 3.05) is 0 Å². The highest BCUT2D eigenvalue weighted by atomic mass is 16.4. The number of fused-ring (bicyclic) bond motifs is 2. The molecule has 0 saturated carbocycles. The minimum absolute atomic E-state index is 0.114. The first-order chi connectivity index (χ1) is 13.0. The Morgan fingerprint density at radius 2 is 1.70 bits per heavy atom. The summed E-state index contributed by atoms with van der Waals surface area (Å²) >= 11 is 0. The van der Waals surface area contributed by atoms with Gasteiger partial charge in [0.2, 0.25) is 5.91 Å². The van der Waals surface area contributed by atoms with Gasteiger partial charge in [-0.15, -0.1) is 0 Å². The van der Waals surface area contributed by atoms with Gasteiger partial charge in [-0.05, 0) is 29.7 Å². The molecular weight excluding hydrogens is 346 g/mol. The Kier molecular flexibility index (Phi) is 4.07. The number of nitrogens with one attached hydrogen (secondary N) is 1. The molecule has 3 aromatic rings. The molecule has 2 unspecified atom stereocenters. The number of rotatable bonds is 4. The molecule has 0 spiro atoms. The van der Waals surface area contributed by atoms with E-state index < -0.39 is 11.9 Å². The van der Waals surface area contributed by atoms with Crippen molar-refractivity contribution >= 4 is 22.9 Å². The van der Waals surface area contributed by atoms with Crippen LogP contribution >= 0.6 is 0 Å². The lowest BCUT2D eigenvalue weighted by Gasteiger charge is -2.14. The van der Waals surface area contributed by atoms with Crippen molar-refractivity contribution in [1.82, 2.24) is 14.5 Å². The second-order valence-electron chi connectivity index (χ2n) is 6.79. The summed E-state index contributed by atoms with van der Waals surface area (Å²) in [5.74, 6) is -1.85. The number of para-hydroxylation sites is 2. The molecule has 2 atom stereocenters. The molecule has 0 fully saturated rings. The van der Waals surface area contributed by atoms with Gasteiger partial charge in [-0.3, -0.25) is 18.7 Å². The largest absolute Gasteiger partial charge is 0.481 e. The Morgan fingerprint density at radius 1 is 1.07 bits per heavy atom. The van der Waals surface area contributed by atoms with E-state index >= 15 is 0 Å². The summed E-state index contributed by atoms with van der Waals surface area (Å²) in [6.45, 7) is -0.114. The predicted octanol–water partition coefficient (Wildman–Crippen LogP) is 1.77. The molecule has 1 aliphatic rings. The van der Waals surface area contributed by atoms with Gasteiger partial charge >= 0.3 is 11.7 Å². The Labute approximate surface area is 154 Å². The molecule has 0 bridgehead atoms. The minimum Gasteiger partial charge on any atom is -0.481 e. The second kappa shape index (κ2) is 6.42. The Hall–Kier alpha value is -3.35. The highest BCUT2D eigenvalue weighted by Gasteiger charge is 2.35. The van der Waals surface area contributed by atoms with Crippen LogP contribution < -0.4 is 11.0 Å². The third kappa shape index (κ3) is 2.81. The molecule has 1 aliphatic carbocycles. The molecule has 1 aromatic heterocycles. The summed E-state index contributed by atoms with van der Waals surface area (Å²) in [6, 6.07) is 14.2. The zero-order valence-electron chi connectivity index (χ0n) is 14.8. The number of imidazole rings is 1. The van der Waals surface area contributed by atoms with Gasteiger partial charge < -0.3 is 10.4 Å². The predicted molar refractivity (Wildman–Crippen MR) is 99.5 cm³/mol. The number of amides is 1. The maximum absolute atomic E-state index is 12.6. The van der Waals surface area contributed by atoms with Gasteiger partial charge in [0.15, 0.2) is 0 Å². The van der Waals surface area contributed by atoms with Crippen LogP contribution in [0.15, 0.2) is 53.3 Å². The van der Waals surface area contributed by atoms with Gasteiger partial charge in [0.1, 0.15) is 6.54 Å². The van der Waals surface area contributed by atoms with Crippen LogP contribution in [0.25, 0.3) is 11.0 Å². The summed E-state index contributed by atoms with van der Waals surface area (Å²) in [6.07, 6.45) is 0.310. The van der Waals surface area contributed by atoms with Crippen molar-refractivity contribution in [3.05, 3.63) is 70.1 Å². The molecule has 0 radical (unpaired) electrons. The number of nitrogens with zero attached hydrogens (tertiary/aromatic N) is 2. The highest BCUT2D eigenvalue weighted by molar-refractivity contribution is 5.82. The average Bonchev–Trinajstić information content (AvgIpc) is 3.14. The van der Waals surface area contributed by atoms with Crippen LogP contribution in [-0.4, -0.2) is 26.1 Å². The van der Waals surface area contributed by atoms with E-state index in [0.29, 0.717) is 11.9 Å². The third-order valence-electron chi connectivity index (χ3n) is 5.20. The molecule has 1 amide bonds. The molecular formula is C20H19N3O4. The molecule has 27 heavy (non-hydrogen) atoms. The maximum Gasteiger partial charge on any atom is 0.329 e. The van der Waals surface area contributed by atoms with E-state index in [1.165, 1.54) is 9.13 Å². The quantitative estimate of drug-likeness (QED) is 0.737. The standard InChI is InChI=1S/C20H19N3O4/c1-22-16-8-4-5-9-17(16)23(20(22)27)11-18(24)21-15-10-14(19(25)26)12-6-2-3-7-13(12)15/h2-9,14-15H,10-11H2,1H3,(H,21,24)(H,25,26). The molecule has 7 nitrogen and oxygen atoms in total. The maximum atomic E-state index is 12.6. The first-order valence-electron chi connectivity index (χ1n) is 8.72. The fourth-order valence-electron chi connectivity index (χ4n) is 3.91. The van der Waals surface area contributed by atoms with Crippen LogP contribution in [0.4, 0.5) is 0 Å². The van der Waals surface area contributed by atoms with E-state index in [1.54, 1.807) is 25.2 Å². The molecule has 2 aromatic carbocycles. The molecule has 7 heteroatoms. The van der Waals surface area contributed by atoms with Crippen molar-refractivity contribution in [3.63, 3.8) is 0 Å².